The fourth-order valence-electron chi connectivity index (χ4n) is 3.99. The van der Waals surface area contributed by atoms with E-state index in [0.717, 1.165) is 30.6 Å². The highest BCUT2D eigenvalue weighted by Gasteiger charge is 2.16. The van der Waals surface area contributed by atoms with Gasteiger partial charge in [-0.2, -0.15) is 0 Å². The van der Waals surface area contributed by atoms with Crippen molar-refractivity contribution in [1.29, 1.82) is 0 Å². The normalized spacial score (nSPS) is 13.8. The number of carboxylic acid groups (broad SMARTS) is 1. The first-order chi connectivity index (χ1) is 15.2. The van der Waals surface area contributed by atoms with E-state index in [1.807, 2.05) is 6.08 Å². The average Bonchev–Trinajstić information content (AvgIpc) is 2.73. The molecule has 0 aromatic heterocycles. The maximum absolute atomic E-state index is 12.2. The molecule has 0 spiro atoms. The molecule has 0 aliphatic heterocycles. The van der Waals surface area contributed by atoms with Crippen LogP contribution in [0.1, 0.15) is 113 Å². The van der Waals surface area contributed by atoms with Gasteiger partial charge in [-0.25, -0.2) is 9.59 Å². The van der Waals surface area contributed by atoms with Crippen molar-refractivity contribution in [2.45, 2.75) is 92.4 Å². The zero-order chi connectivity index (χ0) is 23.9. The molecule has 180 valence electrons. The Bertz CT molecular complexity index is 720. The molecule has 1 rings (SSSR count). The molecule has 32 heavy (non-hydrogen) atoms. The Morgan fingerprint density at radius 3 is 1.97 bits per heavy atom. The molecule has 0 fully saturated rings. The van der Waals surface area contributed by atoms with Crippen molar-refractivity contribution in [3.63, 3.8) is 0 Å². The van der Waals surface area contributed by atoms with E-state index >= 15 is 0 Å². The SMILES string of the molecule is C/C(=C\COC(=O)c1ccccc1C(=O)O)CCC[C@H](C)CCC[C@H](C)CCCC(C)C. The molecule has 0 amide bonds. The van der Waals surface area contributed by atoms with Crippen LogP contribution < -0.4 is 0 Å². The Balaban J connectivity index is 2.21. The summed E-state index contributed by atoms with van der Waals surface area (Å²) in [5.74, 6) is 0.686. The molecule has 4 heteroatoms. The monoisotopic (exact) mass is 444 g/mol. The number of benzene rings is 1. The summed E-state index contributed by atoms with van der Waals surface area (Å²) in [7, 11) is 0. The van der Waals surface area contributed by atoms with E-state index in [2.05, 4.69) is 34.6 Å². The van der Waals surface area contributed by atoms with E-state index in [1.165, 1.54) is 62.7 Å². The lowest BCUT2D eigenvalue weighted by Gasteiger charge is -2.15. The van der Waals surface area contributed by atoms with E-state index < -0.39 is 11.9 Å². The Kier molecular flexibility index (Phi) is 13.7. The number of ether oxygens (including phenoxy) is 1. The smallest absolute Gasteiger partial charge is 0.339 e. The van der Waals surface area contributed by atoms with Crippen molar-refractivity contribution in [3.05, 3.63) is 47.0 Å². The van der Waals surface area contributed by atoms with Crippen LogP contribution in [0.25, 0.3) is 0 Å². The van der Waals surface area contributed by atoms with Gasteiger partial charge in [0.05, 0.1) is 11.1 Å². The van der Waals surface area contributed by atoms with E-state index in [9.17, 15) is 14.7 Å². The number of carbonyl (C=O) groups is 2. The van der Waals surface area contributed by atoms with Crippen LogP contribution in [0, 0.1) is 17.8 Å². The summed E-state index contributed by atoms with van der Waals surface area (Å²) in [5, 5.41) is 9.18. The first-order valence-electron chi connectivity index (χ1n) is 12.4. The molecule has 0 radical (unpaired) electrons. The van der Waals surface area contributed by atoms with Crippen molar-refractivity contribution in [1.82, 2.24) is 0 Å². The number of carboxylic acids is 1. The lowest BCUT2D eigenvalue weighted by Crippen LogP contribution is -2.11. The Hall–Kier alpha value is -2.10. The Morgan fingerprint density at radius 1 is 0.875 bits per heavy atom. The predicted molar refractivity (Wildman–Crippen MR) is 132 cm³/mol. The highest BCUT2D eigenvalue weighted by Crippen LogP contribution is 2.22. The third-order valence-electron chi connectivity index (χ3n) is 6.16. The summed E-state index contributed by atoms with van der Waals surface area (Å²) in [6.45, 7) is 11.6. The third kappa shape index (κ3) is 12.1. The third-order valence-corrected chi connectivity index (χ3v) is 6.16. The number of aromatic carboxylic acids is 1. The van der Waals surface area contributed by atoms with Crippen LogP contribution in [0.2, 0.25) is 0 Å². The molecule has 0 saturated carbocycles. The van der Waals surface area contributed by atoms with Crippen molar-refractivity contribution in [2.24, 2.45) is 17.8 Å². The largest absolute Gasteiger partial charge is 0.478 e. The minimum Gasteiger partial charge on any atom is -0.478 e. The van der Waals surface area contributed by atoms with Gasteiger partial charge in [0.25, 0.3) is 0 Å². The van der Waals surface area contributed by atoms with Gasteiger partial charge >= 0.3 is 11.9 Å². The molecule has 1 aromatic rings. The van der Waals surface area contributed by atoms with Crippen LogP contribution >= 0.6 is 0 Å². The van der Waals surface area contributed by atoms with Gasteiger partial charge in [-0.15, -0.1) is 0 Å². The van der Waals surface area contributed by atoms with E-state index in [-0.39, 0.29) is 17.7 Å². The van der Waals surface area contributed by atoms with Crippen molar-refractivity contribution in [3.8, 4) is 0 Å². The van der Waals surface area contributed by atoms with Crippen LogP contribution in [0.4, 0.5) is 0 Å². The molecule has 0 unspecified atom stereocenters. The van der Waals surface area contributed by atoms with E-state index in [1.54, 1.807) is 12.1 Å². The van der Waals surface area contributed by atoms with Crippen LogP contribution in [0.3, 0.4) is 0 Å². The van der Waals surface area contributed by atoms with Crippen LogP contribution in [-0.2, 0) is 4.74 Å². The molecule has 2 atom stereocenters. The summed E-state index contributed by atoms with van der Waals surface area (Å²) in [4.78, 5) is 23.4. The van der Waals surface area contributed by atoms with Gasteiger partial charge in [-0.05, 0) is 55.7 Å². The van der Waals surface area contributed by atoms with Crippen molar-refractivity contribution < 1.29 is 19.4 Å². The summed E-state index contributed by atoms with van der Waals surface area (Å²) in [6.07, 6.45) is 13.3. The zero-order valence-corrected chi connectivity index (χ0v) is 20.9. The molecule has 0 bridgehead atoms. The van der Waals surface area contributed by atoms with Gasteiger partial charge in [0.15, 0.2) is 0 Å². The highest BCUT2D eigenvalue weighted by molar-refractivity contribution is 6.02. The molecular formula is C28H44O4. The quantitative estimate of drug-likeness (QED) is 0.208. The molecule has 0 heterocycles. The van der Waals surface area contributed by atoms with Gasteiger partial charge < -0.3 is 9.84 Å². The lowest BCUT2D eigenvalue weighted by molar-refractivity contribution is 0.0535. The van der Waals surface area contributed by atoms with E-state index in [0.29, 0.717) is 0 Å². The maximum Gasteiger partial charge on any atom is 0.339 e. The number of carbonyl (C=O) groups excluding carboxylic acids is 1. The Labute approximate surface area is 195 Å². The summed E-state index contributed by atoms with van der Waals surface area (Å²) < 4.78 is 5.25. The van der Waals surface area contributed by atoms with Crippen LogP contribution in [0.5, 0.6) is 0 Å². The second-order valence-corrected chi connectivity index (χ2v) is 9.86. The number of hydrogen-bond acceptors (Lipinski definition) is 3. The number of allylic oxidation sites excluding steroid dienone is 1. The van der Waals surface area contributed by atoms with Crippen molar-refractivity contribution in [2.75, 3.05) is 6.61 Å². The van der Waals surface area contributed by atoms with Crippen LogP contribution in [0.15, 0.2) is 35.9 Å². The summed E-state index contributed by atoms with van der Waals surface area (Å²) >= 11 is 0. The number of hydrogen-bond donors (Lipinski definition) is 1. The number of rotatable bonds is 16. The van der Waals surface area contributed by atoms with Gasteiger partial charge in [0.2, 0.25) is 0 Å². The number of esters is 1. The standard InChI is InChI=1S/C28H44O4/c1-21(2)11-8-12-22(3)13-9-14-23(4)15-10-16-24(5)19-20-32-28(31)26-18-7-6-17-25(26)27(29)30/h6-7,17-19,21-23H,8-16,20H2,1-5H3,(H,29,30)/b24-19+/t22-,23-/m1/s1. The van der Waals surface area contributed by atoms with Crippen LogP contribution in [-0.4, -0.2) is 23.7 Å². The molecule has 4 nitrogen and oxygen atoms in total. The molecule has 1 N–H and O–H groups in total. The predicted octanol–water partition coefficient (Wildman–Crippen LogP) is 7.93. The molecular weight excluding hydrogens is 400 g/mol. The highest BCUT2D eigenvalue weighted by atomic mass is 16.5. The Morgan fingerprint density at radius 2 is 1.41 bits per heavy atom. The lowest BCUT2D eigenvalue weighted by atomic mass is 9.91. The first-order valence-corrected chi connectivity index (χ1v) is 12.4. The van der Waals surface area contributed by atoms with Gasteiger partial charge in [0.1, 0.15) is 6.61 Å². The zero-order valence-electron chi connectivity index (χ0n) is 20.9. The second kappa shape index (κ2) is 15.7. The first kappa shape index (κ1) is 27.9. The van der Waals surface area contributed by atoms with Gasteiger partial charge in [-0.3, -0.25) is 0 Å². The minimum absolute atomic E-state index is 0.0304. The fraction of sp³-hybridized carbons (Fsp3) is 0.643. The molecule has 0 aliphatic rings. The van der Waals surface area contributed by atoms with Gasteiger partial charge in [-0.1, -0.05) is 90.3 Å². The fourth-order valence-corrected chi connectivity index (χ4v) is 3.99. The summed E-state index contributed by atoms with van der Waals surface area (Å²) in [6, 6.07) is 6.13. The molecule has 1 aromatic carbocycles. The topological polar surface area (TPSA) is 63.6 Å². The minimum atomic E-state index is -1.13. The molecule has 0 saturated heterocycles. The van der Waals surface area contributed by atoms with Gasteiger partial charge in [0, 0.05) is 0 Å². The van der Waals surface area contributed by atoms with E-state index in [4.69, 9.17) is 4.74 Å². The maximum atomic E-state index is 12.2. The average molecular weight is 445 g/mol. The summed E-state index contributed by atoms with van der Waals surface area (Å²) in [5.41, 5.74) is 1.27. The van der Waals surface area contributed by atoms with Crippen molar-refractivity contribution >= 4 is 11.9 Å². The second-order valence-electron chi connectivity index (χ2n) is 9.86. The molecule has 0 aliphatic carbocycles.